The molecule has 1 nitrogen and oxygen atoms in total. The molecule has 1 aromatic rings. The maximum absolute atomic E-state index is 11.8. The Bertz CT molecular complexity index is 309. The predicted octanol–water partition coefficient (Wildman–Crippen LogP) is 3.58. The molecule has 0 aromatic heterocycles. The van der Waals surface area contributed by atoms with Crippen molar-refractivity contribution in [2.45, 2.75) is 18.5 Å². The van der Waals surface area contributed by atoms with Crippen molar-refractivity contribution in [2.24, 2.45) is 0 Å². The highest BCUT2D eigenvalue weighted by molar-refractivity contribution is 7.80. The minimum Gasteiger partial charge on any atom is -0.406 e. The molecule has 0 aliphatic heterocycles. The SMILES string of the molecule is CC(S)c1cccc(OC(F)(F)F)c1. The van der Waals surface area contributed by atoms with Crippen molar-refractivity contribution in [3.63, 3.8) is 0 Å². The fourth-order valence-corrected chi connectivity index (χ4v) is 1.13. The normalized spacial score (nSPS) is 13.8. The lowest BCUT2D eigenvalue weighted by Crippen LogP contribution is -2.17. The van der Waals surface area contributed by atoms with Gasteiger partial charge in [0.2, 0.25) is 0 Å². The van der Waals surface area contributed by atoms with E-state index in [9.17, 15) is 13.2 Å². The fraction of sp³-hybridized carbons (Fsp3) is 0.333. The van der Waals surface area contributed by atoms with Crippen LogP contribution in [0.15, 0.2) is 24.3 Å². The molecule has 0 aliphatic carbocycles. The first-order chi connectivity index (χ1) is 6.38. The van der Waals surface area contributed by atoms with Crippen LogP contribution in [-0.2, 0) is 0 Å². The van der Waals surface area contributed by atoms with E-state index in [1.165, 1.54) is 18.2 Å². The van der Waals surface area contributed by atoms with E-state index in [0.717, 1.165) is 0 Å². The Kier molecular flexibility index (Phi) is 3.31. The number of benzene rings is 1. The minimum atomic E-state index is -4.64. The zero-order valence-corrected chi connectivity index (χ0v) is 8.27. The van der Waals surface area contributed by atoms with Gasteiger partial charge in [0.05, 0.1) is 0 Å². The van der Waals surface area contributed by atoms with Gasteiger partial charge in [0, 0.05) is 5.25 Å². The number of thiol groups is 1. The molecule has 0 heterocycles. The van der Waals surface area contributed by atoms with Gasteiger partial charge in [-0.2, -0.15) is 12.6 Å². The summed E-state index contributed by atoms with van der Waals surface area (Å²) in [6.07, 6.45) is -4.64. The molecular weight excluding hydrogens is 213 g/mol. The van der Waals surface area contributed by atoms with E-state index in [4.69, 9.17) is 0 Å². The summed E-state index contributed by atoms with van der Waals surface area (Å²) in [5.41, 5.74) is 0.690. The van der Waals surface area contributed by atoms with Crippen LogP contribution in [0.1, 0.15) is 17.7 Å². The van der Waals surface area contributed by atoms with Gasteiger partial charge in [-0.25, -0.2) is 0 Å². The third-order valence-electron chi connectivity index (χ3n) is 1.57. The maximum Gasteiger partial charge on any atom is 0.573 e. The molecule has 0 N–H and O–H groups in total. The van der Waals surface area contributed by atoms with Crippen molar-refractivity contribution in [1.82, 2.24) is 0 Å². The highest BCUT2D eigenvalue weighted by atomic mass is 32.1. The lowest BCUT2D eigenvalue weighted by Gasteiger charge is -2.10. The van der Waals surface area contributed by atoms with Gasteiger partial charge in [0.15, 0.2) is 0 Å². The topological polar surface area (TPSA) is 9.23 Å². The number of hydrogen-bond acceptors (Lipinski definition) is 2. The van der Waals surface area contributed by atoms with Crippen LogP contribution < -0.4 is 4.74 Å². The highest BCUT2D eigenvalue weighted by Crippen LogP contribution is 2.27. The van der Waals surface area contributed by atoms with Gasteiger partial charge < -0.3 is 4.74 Å². The molecule has 1 aromatic carbocycles. The third kappa shape index (κ3) is 3.49. The summed E-state index contributed by atoms with van der Waals surface area (Å²) < 4.78 is 39.3. The Labute approximate surface area is 85.3 Å². The predicted molar refractivity (Wildman–Crippen MR) is 50.5 cm³/mol. The first-order valence-electron chi connectivity index (χ1n) is 3.92. The zero-order chi connectivity index (χ0) is 10.8. The summed E-state index contributed by atoms with van der Waals surface area (Å²) in [7, 11) is 0. The van der Waals surface area contributed by atoms with Crippen LogP contribution in [0.3, 0.4) is 0 Å². The molecule has 0 radical (unpaired) electrons. The Morgan fingerprint density at radius 3 is 2.50 bits per heavy atom. The monoisotopic (exact) mass is 222 g/mol. The number of alkyl halides is 3. The van der Waals surface area contributed by atoms with Gasteiger partial charge in [-0.3, -0.25) is 0 Å². The molecule has 0 bridgehead atoms. The van der Waals surface area contributed by atoms with Gasteiger partial charge in [-0.15, -0.1) is 13.2 Å². The molecule has 0 amide bonds. The average molecular weight is 222 g/mol. The molecule has 0 saturated heterocycles. The smallest absolute Gasteiger partial charge is 0.406 e. The number of hydrogen-bond donors (Lipinski definition) is 1. The van der Waals surface area contributed by atoms with Crippen molar-refractivity contribution in [1.29, 1.82) is 0 Å². The van der Waals surface area contributed by atoms with E-state index >= 15 is 0 Å². The fourth-order valence-electron chi connectivity index (χ4n) is 0.972. The number of halogens is 3. The number of rotatable bonds is 2. The summed E-state index contributed by atoms with van der Waals surface area (Å²) in [6, 6.07) is 5.78. The molecule has 0 aliphatic rings. The van der Waals surface area contributed by atoms with Gasteiger partial charge in [-0.05, 0) is 24.6 Å². The molecule has 0 spiro atoms. The van der Waals surface area contributed by atoms with E-state index < -0.39 is 6.36 Å². The highest BCUT2D eigenvalue weighted by Gasteiger charge is 2.31. The second-order valence-corrected chi connectivity index (χ2v) is 3.57. The Morgan fingerprint density at radius 2 is 2.00 bits per heavy atom. The first kappa shape index (κ1) is 11.2. The molecule has 0 saturated carbocycles. The van der Waals surface area contributed by atoms with Crippen LogP contribution in [0.4, 0.5) is 13.2 Å². The minimum absolute atomic E-state index is 0.119. The van der Waals surface area contributed by atoms with Crippen molar-refractivity contribution < 1.29 is 17.9 Å². The van der Waals surface area contributed by atoms with E-state index in [1.807, 2.05) is 0 Å². The van der Waals surface area contributed by atoms with Crippen molar-refractivity contribution >= 4 is 12.6 Å². The van der Waals surface area contributed by atoms with E-state index in [-0.39, 0.29) is 11.0 Å². The summed E-state index contributed by atoms with van der Waals surface area (Å²) in [4.78, 5) is 0. The van der Waals surface area contributed by atoms with E-state index in [1.54, 1.807) is 13.0 Å². The molecule has 78 valence electrons. The van der Waals surface area contributed by atoms with Crippen LogP contribution >= 0.6 is 12.6 Å². The molecule has 14 heavy (non-hydrogen) atoms. The standard InChI is InChI=1S/C9H9F3OS/c1-6(14)7-3-2-4-8(5-7)13-9(10,11)12/h2-6,14H,1H3. The Balaban J connectivity index is 2.84. The number of ether oxygens (including phenoxy) is 1. The van der Waals surface area contributed by atoms with Gasteiger partial charge in [0.25, 0.3) is 0 Å². The van der Waals surface area contributed by atoms with Gasteiger partial charge >= 0.3 is 6.36 Å². The molecule has 1 atom stereocenters. The summed E-state index contributed by atoms with van der Waals surface area (Å²) >= 11 is 4.11. The molecule has 5 heteroatoms. The third-order valence-corrected chi connectivity index (χ3v) is 1.87. The lowest BCUT2D eigenvalue weighted by atomic mass is 10.1. The molecular formula is C9H9F3OS. The second kappa shape index (κ2) is 4.13. The summed E-state index contributed by atoms with van der Waals surface area (Å²) in [5.74, 6) is -0.212. The summed E-state index contributed by atoms with van der Waals surface area (Å²) in [5, 5.41) is -0.119. The van der Waals surface area contributed by atoms with Crippen LogP contribution in [0, 0.1) is 0 Å². The van der Waals surface area contributed by atoms with Crippen LogP contribution in [0.2, 0.25) is 0 Å². The summed E-state index contributed by atoms with van der Waals surface area (Å²) in [6.45, 7) is 1.77. The van der Waals surface area contributed by atoms with Gasteiger partial charge in [-0.1, -0.05) is 12.1 Å². The van der Waals surface area contributed by atoms with E-state index in [0.29, 0.717) is 5.56 Å². The average Bonchev–Trinajstić information content (AvgIpc) is 2.01. The largest absolute Gasteiger partial charge is 0.573 e. The van der Waals surface area contributed by atoms with Crippen molar-refractivity contribution in [3.8, 4) is 5.75 Å². The second-order valence-electron chi connectivity index (χ2n) is 2.80. The lowest BCUT2D eigenvalue weighted by molar-refractivity contribution is -0.274. The maximum atomic E-state index is 11.8. The van der Waals surface area contributed by atoms with Crippen LogP contribution in [-0.4, -0.2) is 6.36 Å². The molecule has 0 fully saturated rings. The van der Waals surface area contributed by atoms with E-state index in [2.05, 4.69) is 17.4 Å². The quantitative estimate of drug-likeness (QED) is 0.752. The molecule has 1 rings (SSSR count). The van der Waals surface area contributed by atoms with Crippen molar-refractivity contribution in [3.05, 3.63) is 29.8 Å². The first-order valence-corrected chi connectivity index (χ1v) is 4.44. The molecule has 1 unspecified atom stereocenters. The van der Waals surface area contributed by atoms with Crippen LogP contribution in [0.25, 0.3) is 0 Å². The Hall–Kier alpha value is -0.840. The Morgan fingerprint density at radius 1 is 1.36 bits per heavy atom. The zero-order valence-electron chi connectivity index (χ0n) is 7.38. The van der Waals surface area contributed by atoms with Crippen LogP contribution in [0.5, 0.6) is 5.75 Å². The van der Waals surface area contributed by atoms with Gasteiger partial charge in [0.1, 0.15) is 5.75 Å². The van der Waals surface area contributed by atoms with Crippen molar-refractivity contribution in [2.75, 3.05) is 0 Å².